The third-order valence-electron chi connectivity index (χ3n) is 3.26. The number of aromatic nitrogens is 1. The lowest BCUT2D eigenvalue weighted by Gasteiger charge is -2.08. The average molecular weight is 326 g/mol. The van der Waals surface area contributed by atoms with Crippen molar-refractivity contribution < 1.29 is 9.53 Å². The third-order valence-corrected chi connectivity index (χ3v) is 4.31. The molecule has 0 aliphatic rings. The largest absolute Gasteiger partial charge is 0.462 e. The van der Waals surface area contributed by atoms with Crippen LogP contribution in [0.3, 0.4) is 0 Å². The van der Waals surface area contributed by atoms with Crippen LogP contribution in [-0.4, -0.2) is 17.6 Å². The predicted molar refractivity (Wildman–Crippen MR) is 90.4 cm³/mol. The Hall–Kier alpha value is -2.32. The monoisotopic (exact) mass is 326 g/mol. The van der Waals surface area contributed by atoms with Crippen molar-refractivity contribution in [3.8, 4) is 6.07 Å². The van der Waals surface area contributed by atoms with Crippen molar-refractivity contribution in [1.29, 1.82) is 5.26 Å². The molecule has 0 spiro atoms. The Morgan fingerprint density at radius 3 is 2.61 bits per heavy atom. The summed E-state index contributed by atoms with van der Waals surface area (Å²) in [7, 11) is 0. The van der Waals surface area contributed by atoms with Crippen LogP contribution in [0.25, 0.3) is 0 Å². The molecule has 0 aliphatic carbocycles. The maximum Gasteiger partial charge on any atom is 0.338 e. The minimum absolute atomic E-state index is 0.311. The summed E-state index contributed by atoms with van der Waals surface area (Å²) in [5.41, 5.74) is 4.08. The van der Waals surface area contributed by atoms with Gasteiger partial charge in [0.1, 0.15) is 11.1 Å². The molecule has 0 N–H and O–H groups in total. The fourth-order valence-corrected chi connectivity index (χ4v) is 3.20. The van der Waals surface area contributed by atoms with Gasteiger partial charge in [-0.25, -0.2) is 9.78 Å². The van der Waals surface area contributed by atoms with E-state index >= 15 is 0 Å². The Bertz CT molecular complexity index is 749. The van der Waals surface area contributed by atoms with Crippen LogP contribution >= 0.6 is 11.8 Å². The minimum atomic E-state index is -0.311. The van der Waals surface area contributed by atoms with Gasteiger partial charge in [-0.1, -0.05) is 12.1 Å². The molecule has 0 saturated heterocycles. The number of thioether (sulfide) groups is 1. The van der Waals surface area contributed by atoms with Gasteiger partial charge in [0.15, 0.2) is 0 Å². The van der Waals surface area contributed by atoms with Crippen molar-refractivity contribution in [2.45, 2.75) is 31.6 Å². The van der Waals surface area contributed by atoms with Gasteiger partial charge in [-0.15, -0.1) is 11.8 Å². The Kier molecular flexibility index (Phi) is 5.78. The Morgan fingerprint density at radius 1 is 1.30 bits per heavy atom. The van der Waals surface area contributed by atoms with E-state index in [1.54, 1.807) is 19.1 Å². The molecule has 5 heteroatoms. The summed E-state index contributed by atoms with van der Waals surface area (Å²) in [6.45, 7) is 6.00. The highest BCUT2D eigenvalue weighted by atomic mass is 32.2. The average Bonchev–Trinajstić information content (AvgIpc) is 2.53. The van der Waals surface area contributed by atoms with E-state index in [1.807, 2.05) is 32.0 Å². The molecule has 0 saturated carbocycles. The normalized spacial score (nSPS) is 10.2. The molecule has 0 bridgehead atoms. The zero-order chi connectivity index (χ0) is 16.8. The number of ether oxygens (including phenoxy) is 1. The van der Waals surface area contributed by atoms with E-state index in [9.17, 15) is 10.1 Å². The molecule has 0 aliphatic heterocycles. The summed E-state index contributed by atoms with van der Waals surface area (Å²) >= 11 is 1.53. The number of aryl methyl sites for hydroxylation is 2. The quantitative estimate of drug-likeness (QED) is 0.613. The number of rotatable bonds is 5. The molecule has 4 nitrogen and oxygen atoms in total. The van der Waals surface area contributed by atoms with Crippen LogP contribution in [0.5, 0.6) is 0 Å². The first-order chi connectivity index (χ1) is 11.0. The zero-order valence-corrected chi connectivity index (χ0v) is 14.2. The van der Waals surface area contributed by atoms with Gasteiger partial charge in [-0.05, 0) is 50.1 Å². The standard InChI is InChI=1S/C18H18N2O2S/c1-4-22-18(21)15-7-5-14(6-8-15)11-23-17-16(10-19)12(2)9-13(3)20-17/h5-9H,4,11H2,1-3H3. The zero-order valence-electron chi connectivity index (χ0n) is 13.4. The Morgan fingerprint density at radius 2 is 2.00 bits per heavy atom. The van der Waals surface area contributed by atoms with Crippen LogP contribution in [0, 0.1) is 25.2 Å². The molecule has 0 radical (unpaired) electrons. The van der Waals surface area contributed by atoms with Crippen LogP contribution in [0.4, 0.5) is 0 Å². The van der Waals surface area contributed by atoms with Crippen molar-refractivity contribution in [3.63, 3.8) is 0 Å². The smallest absolute Gasteiger partial charge is 0.338 e. The number of hydrogen-bond acceptors (Lipinski definition) is 5. The molecule has 0 fully saturated rings. The van der Waals surface area contributed by atoms with E-state index in [-0.39, 0.29) is 5.97 Å². The highest BCUT2D eigenvalue weighted by Crippen LogP contribution is 2.26. The molecule has 1 heterocycles. The number of esters is 1. The maximum absolute atomic E-state index is 11.6. The van der Waals surface area contributed by atoms with Gasteiger partial charge in [0.05, 0.1) is 17.7 Å². The highest BCUT2D eigenvalue weighted by molar-refractivity contribution is 7.98. The van der Waals surface area contributed by atoms with E-state index in [0.717, 1.165) is 21.8 Å². The number of hydrogen-bond donors (Lipinski definition) is 0. The lowest BCUT2D eigenvalue weighted by Crippen LogP contribution is -2.04. The van der Waals surface area contributed by atoms with Crippen molar-refractivity contribution in [1.82, 2.24) is 4.98 Å². The van der Waals surface area contributed by atoms with Crippen LogP contribution in [-0.2, 0) is 10.5 Å². The fourth-order valence-electron chi connectivity index (χ4n) is 2.15. The summed E-state index contributed by atoms with van der Waals surface area (Å²) < 4.78 is 4.96. The van der Waals surface area contributed by atoms with Gasteiger partial charge in [0, 0.05) is 11.4 Å². The molecule has 0 unspecified atom stereocenters. The van der Waals surface area contributed by atoms with Crippen molar-refractivity contribution in [3.05, 3.63) is 58.3 Å². The molecule has 118 valence electrons. The van der Waals surface area contributed by atoms with Gasteiger partial charge in [0.2, 0.25) is 0 Å². The van der Waals surface area contributed by atoms with E-state index in [4.69, 9.17) is 4.74 Å². The maximum atomic E-state index is 11.6. The SMILES string of the molecule is CCOC(=O)c1ccc(CSc2nc(C)cc(C)c2C#N)cc1. The Labute approximate surface area is 140 Å². The van der Waals surface area contributed by atoms with Crippen LogP contribution in [0.15, 0.2) is 35.4 Å². The molecule has 2 aromatic rings. The molecule has 2 rings (SSSR count). The number of carbonyl (C=O) groups is 1. The lowest BCUT2D eigenvalue weighted by atomic mass is 10.1. The highest BCUT2D eigenvalue weighted by Gasteiger charge is 2.10. The van der Waals surface area contributed by atoms with Gasteiger partial charge >= 0.3 is 5.97 Å². The van der Waals surface area contributed by atoms with E-state index in [2.05, 4.69) is 11.1 Å². The molecule has 1 aromatic heterocycles. The lowest BCUT2D eigenvalue weighted by molar-refractivity contribution is 0.0526. The van der Waals surface area contributed by atoms with Crippen molar-refractivity contribution in [2.75, 3.05) is 6.61 Å². The molecule has 0 atom stereocenters. The molecule has 23 heavy (non-hydrogen) atoms. The first-order valence-corrected chi connectivity index (χ1v) is 8.31. The minimum Gasteiger partial charge on any atom is -0.462 e. The predicted octanol–water partition coefficient (Wildman–Crippen LogP) is 4.04. The van der Waals surface area contributed by atoms with Crippen LogP contribution in [0.2, 0.25) is 0 Å². The number of nitrogens with zero attached hydrogens (tertiary/aromatic N) is 2. The van der Waals surface area contributed by atoms with Gasteiger partial charge in [0.25, 0.3) is 0 Å². The molecule has 0 amide bonds. The molecule has 1 aromatic carbocycles. The number of carbonyl (C=O) groups excluding carboxylic acids is 1. The summed E-state index contributed by atoms with van der Waals surface area (Å²) in [6.07, 6.45) is 0. The topological polar surface area (TPSA) is 63.0 Å². The third kappa shape index (κ3) is 4.33. The van der Waals surface area contributed by atoms with E-state index in [0.29, 0.717) is 23.5 Å². The molecular formula is C18H18N2O2S. The fraction of sp³-hybridized carbons (Fsp3) is 0.278. The van der Waals surface area contributed by atoms with E-state index in [1.165, 1.54) is 11.8 Å². The van der Waals surface area contributed by atoms with Crippen molar-refractivity contribution in [2.24, 2.45) is 0 Å². The number of benzene rings is 1. The summed E-state index contributed by atoms with van der Waals surface area (Å²) in [6, 6.07) is 11.4. The molecular weight excluding hydrogens is 308 g/mol. The number of nitriles is 1. The van der Waals surface area contributed by atoms with Crippen molar-refractivity contribution >= 4 is 17.7 Å². The van der Waals surface area contributed by atoms with Crippen LogP contribution < -0.4 is 0 Å². The first kappa shape index (κ1) is 17.0. The van der Waals surface area contributed by atoms with Crippen LogP contribution in [0.1, 0.15) is 39.7 Å². The van der Waals surface area contributed by atoms with Gasteiger partial charge in [-0.2, -0.15) is 5.26 Å². The second kappa shape index (κ2) is 7.80. The first-order valence-electron chi connectivity index (χ1n) is 7.32. The second-order valence-corrected chi connectivity index (χ2v) is 6.04. The van der Waals surface area contributed by atoms with Gasteiger partial charge < -0.3 is 4.74 Å². The van der Waals surface area contributed by atoms with Gasteiger partial charge in [-0.3, -0.25) is 0 Å². The summed E-state index contributed by atoms with van der Waals surface area (Å²) in [4.78, 5) is 16.1. The van der Waals surface area contributed by atoms with E-state index < -0.39 is 0 Å². The summed E-state index contributed by atoms with van der Waals surface area (Å²) in [5, 5.41) is 10.0. The summed E-state index contributed by atoms with van der Waals surface area (Å²) in [5.74, 6) is 0.377. The second-order valence-electron chi connectivity index (χ2n) is 5.08. The Balaban J connectivity index is 2.10. The number of pyridine rings is 1.